The van der Waals surface area contributed by atoms with Crippen LogP contribution in [0.2, 0.25) is 0 Å². The number of carbonyl (C=O) groups excluding carboxylic acids is 2. The molecular weight excluding hydrogens is 236 g/mol. The SMILES string of the molecule is CCOc1ccc(OCC)cc1.[N-]=C=O.[N-]=C=O. The summed E-state index contributed by atoms with van der Waals surface area (Å²) in [6.45, 7) is 5.34. The molecule has 0 heterocycles. The zero-order valence-electron chi connectivity index (χ0n) is 10.3. The van der Waals surface area contributed by atoms with E-state index in [0.29, 0.717) is 25.4 Å². The molecule has 1 aromatic rings. The van der Waals surface area contributed by atoms with Gasteiger partial charge in [0.05, 0.1) is 13.2 Å². The highest BCUT2D eigenvalue weighted by atomic mass is 16.5. The molecule has 6 nitrogen and oxygen atoms in total. The number of hydrogen-bond donors (Lipinski definition) is 0. The summed E-state index contributed by atoms with van der Waals surface area (Å²) >= 11 is 0. The van der Waals surface area contributed by atoms with Gasteiger partial charge in [-0.15, -0.1) is 0 Å². The predicted octanol–water partition coefficient (Wildman–Crippen LogP) is 2.27. The van der Waals surface area contributed by atoms with Crippen LogP contribution in [0.3, 0.4) is 0 Å². The first-order valence-corrected chi connectivity index (χ1v) is 5.08. The largest absolute Gasteiger partial charge is 0.724 e. The Balaban J connectivity index is 0. The third-order valence-corrected chi connectivity index (χ3v) is 1.45. The van der Waals surface area contributed by atoms with E-state index in [1.807, 2.05) is 38.1 Å². The van der Waals surface area contributed by atoms with Crippen molar-refractivity contribution in [3.8, 4) is 11.5 Å². The molecule has 0 aliphatic carbocycles. The minimum atomic E-state index is 0.500. The number of benzene rings is 1. The molecule has 0 bridgehead atoms. The van der Waals surface area contributed by atoms with Gasteiger partial charge < -0.3 is 20.3 Å². The highest BCUT2D eigenvalue weighted by molar-refractivity contribution is 5.37. The molecule has 0 aliphatic heterocycles. The molecule has 0 fully saturated rings. The van der Waals surface area contributed by atoms with Crippen molar-refractivity contribution in [1.29, 1.82) is 0 Å². The van der Waals surface area contributed by atoms with Gasteiger partial charge in [-0.2, -0.15) is 0 Å². The average molecular weight is 250 g/mol. The van der Waals surface area contributed by atoms with Crippen LogP contribution in [0.1, 0.15) is 13.8 Å². The average Bonchev–Trinajstić information content (AvgIpc) is 2.34. The van der Waals surface area contributed by atoms with Gasteiger partial charge in [0, 0.05) is 0 Å². The van der Waals surface area contributed by atoms with Crippen molar-refractivity contribution in [3.05, 3.63) is 35.1 Å². The Morgan fingerprint density at radius 3 is 1.28 bits per heavy atom. The fourth-order valence-electron chi connectivity index (χ4n) is 0.965. The Bertz CT molecular complexity index is 327. The topological polar surface area (TPSA) is 97.2 Å². The summed E-state index contributed by atoms with van der Waals surface area (Å²) in [7, 11) is 0. The monoisotopic (exact) mass is 250 g/mol. The Kier molecular flexibility index (Phi) is 14.5. The predicted molar refractivity (Wildman–Crippen MR) is 66.9 cm³/mol. The van der Waals surface area contributed by atoms with Crippen molar-refractivity contribution in [1.82, 2.24) is 0 Å². The van der Waals surface area contributed by atoms with E-state index in [-0.39, 0.29) is 0 Å². The van der Waals surface area contributed by atoms with E-state index >= 15 is 0 Å². The summed E-state index contributed by atoms with van der Waals surface area (Å²) in [6, 6.07) is 7.64. The maximum Gasteiger partial charge on any atom is 0.119 e. The van der Waals surface area contributed by atoms with Crippen molar-refractivity contribution in [2.45, 2.75) is 13.8 Å². The first-order chi connectivity index (χ1) is 8.69. The van der Waals surface area contributed by atoms with E-state index in [2.05, 4.69) is 0 Å². The molecule has 0 spiro atoms. The highest BCUT2D eigenvalue weighted by Gasteiger charge is 1.92. The van der Waals surface area contributed by atoms with Crippen molar-refractivity contribution < 1.29 is 19.1 Å². The van der Waals surface area contributed by atoms with Crippen LogP contribution in [-0.2, 0) is 9.59 Å². The zero-order valence-corrected chi connectivity index (χ0v) is 10.3. The molecule has 0 aliphatic rings. The third kappa shape index (κ3) is 11.7. The molecule has 1 aromatic carbocycles. The fourth-order valence-corrected chi connectivity index (χ4v) is 0.965. The second kappa shape index (κ2) is 14.6. The van der Waals surface area contributed by atoms with Gasteiger partial charge in [0.2, 0.25) is 0 Å². The molecule has 18 heavy (non-hydrogen) atoms. The molecule has 6 heteroatoms. The molecule has 0 unspecified atom stereocenters. The number of isocyanates is 2. The molecule has 0 saturated carbocycles. The van der Waals surface area contributed by atoms with E-state index < -0.39 is 0 Å². The normalized spacial score (nSPS) is 7.22. The van der Waals surface area contributed by atoms with Gasteiger partial charge >= 0.3 is 0 Å². The molecule has 0 saturated heterocycles. The lowest BCUT2D eigenvalue weighted by molar-refractivity contribution is 0.330. The van der Waals surface area contributed by atoms with Gasteiger partial charge in [0.1, 0.15) is 11.5 Å². The first kappa shape index (κ1) is 18.0. The van der Waals surface area contributed by atoms with E-state index in [1.54, 1.807) is 0 Å². The summed E-state index contributed by atoms with van der Waals surface area (Å²) in [5.74, 6) is 1.78. The third-order valence-electron chi connectivity index (χ3n) is 1.45. The van der Waals surface area contributed by atoms with Crippen LogP contribution in [0, 0.1) is 0 Å². The van der Waals surface area contributed by atoms with Gasteiger partial charge in [0.15, 0.2) is 0 Å². The minimum absolute atomic E-state index is 0.500. The van der Waals surface area contributed by atoms with Crippen molar-refractivity contribution in [2.24, 2.45) is 0 Å². The van der Waals surface area contributed by atoms with Crippen LogP contribution in [-0.4, -0.2) is 25.4 Å². The van der Waals surface area contributed by atoms with Crippen molar-refractivity contribution in [2.75, 3.05) is 13.2 Å². The Hall–Kier alpha value is -2.42. The molecule has 0 N–H and O–H groups in total. The van der Waals surface area contributed by atoms with Crippen LogP contribution in [0.15, 0.2) is 24.3 Å². The summed E-state index contributed by atoms with van der Waals surface area (Å²) in [4.78, 5) is 16.5. The molecule has 98 valence electrons. The number of rotatable bonds is 4. The maximum absolute atomic E-state index is 8.24. The molecule has 1 rings (SSSR count). The van der Waals surface area contributed by atoms with Gasteiger partial charge in [-0.05, 0) is 50.3 Å². The van der Waals surface area contributed by atoms with E-state index in [1.165, 1.54) is 0 Å². The van der Waals surface area contributed by atoms with Gasteiger partial charge in [-0.1, -0.05) is 0 Å². The lowest BCUT2D eigenvalue weighted by Gasteiger charge is -2.04. The number of nitrogens with zero attached hydrogens (tertiary/aromatic N) is 2. The quantitative estimate of drug-likeness (QED) is 0.604. The first-order valence-electron chi connectivity index (χ1n) is 5.08. The number of ether oxygens (including phenoxy) is 2. The van der Waals surface area contributed by atoms with Crippen molar-refractivity contribution >= 4 is 12.2 Å². The highest BCUT2D eigenvalue weighted by Crippen LogP contribution is 2.17. The van der Waals surface area contributed by atoms with Crippen LogP contribution in [0.25, 0.3) is 10.8 Å². The van der Waals surface area contributed by atoms with E-state index in [0.717, 1.165) is 11.5 Å². The van der Waals surface area contributed by atoms with Gasteiger partial charge in [0.25, 0.3) is 0 Å². The van der Waals surface area contributed by atoms with Crippen LogP contribution < -0.4 is 9.47 Å². The Morgan fingerprint density at radius 1 is 0.889 bits per heavy atom. The molecule has 0 atom stereocenters. The summed E-state index contributed by atoms with van der Waals surface area (Å²) < 4.78 is 10.6. The van der Waals surface area contributed by atoms with Crippen molar-refractivity contribution in [3.63, 3.8) is 0 Å². The van der Waals surface area contributed by atoms with E-state index in [9.17, 15) is 0 Å². The Morgan fingerprint density at radius 2 is 1.11 bits per heavy atom. The molecular formula is C12H14N2O4-2. The van der Waals surface area contributed by atoms with Gasteiger partial charge in [-0.3, -0.25) is 9.59 Å². The van der Waals surface area contributed by atoms with Crippen LogP contribution in [0.5, 0.6) is 11.5 Å². The molecule has 0 aromatic heterocycles. The minimum Gasteiger partial charge on any atom is -0.724 e. The maximum atomic E-state index is 8.24. The van der Waals surface area contributed by atoms with E-state index in [4.69, 9.17) is 29.9 Å². The van der Waals surface area contributed by atoms with Crippen LogP contribution in [0.4, 0.5) is 0 Å². The van der Waals surface area contributed by atoms with Gasteiger partial charge in [-0.25, -0.2) is 0 Å². The zero-order chi connectivity index (χ0) is 14.2. The molecule has 0 amide bonds. The smallest absolute Gasteiger partial charge is 0.119 e. The number of hydrogen-bond acceptors (Lipinski definition) is 4. The standard InChI is InChI=1S/C10H14O2.2CNO/c1-3-11-9-5-7-10(8-6-9)12-4-2;2*2-1-3/h5-8H,3-4H2,1-2H3;;/q;2*-1. The fraction of sp³-hybridized carbons (Fsp3) is 0.333. The summed E-state index contributed by atoms with van der Waals surface area (Å²) in [6.07, 6.45) is 1.00. The summed E-state index contributed by atoms with van der Waals surface area (Å²) in [5.41, 5.74) is 0. The lowest BCUT2D eigenvalue weighted by atomic mass is 10.3. The lowest BCUT2D eigenvalue weighted by Crippen LogP contribution is -1.93. The Labute approximate surface area is 106 Å². The summed E-state index contributed by atoms with van der Waals surface area (Å²) in [5, 5.41) is 13.5. The molecule has 0 radical (unpaired) electrons. The van der Waals surface area contributed by atoms with Crippen LogP contribution >= 0.6 is 0 Å². The second-order valence-electron chi connectivity index (χ2n) is 2.52. The second-order valence-corrected chi connectivity index (χ2v) is 2.52.